The summed E-state index contributed by atoms with van der Waals surface area (Å²) in [5.41, 5.74) is 1.11. The molecule has 0 saturated heterocycles. The molecule has 0 bridgehead atoms. The second kappa shape index (κ2) is 4.99. The number of carbonyl (C=O) groups is 1. The standard InChI is InChI=1S/C16H28O3Si/c1-15(2,3)20(5,6)18-11-16(4)9-7-8-12-10-13(17)19-14(12)16/h10,14H,7-9,11H2,1-6H3/t14-,16+/m0/s1. The molecule has 1 saturated carbocycles. The summed E-state index contributed by atoms with van der Waals surface area (Å²) in [6, 6.07) is 0. The molecule has 0 unspecified atom stereocenters. The van der Waals surface area contributed by atoms with E-state index in [0.717, 1.165) is 19.3 Å². The van der Waals surface area contributed by atoms with Crippen molar-refractivity contribution in [3.8, 4) is 0 Å². The van der Waals surface area contributed by atoms with E-state index in [4.69, 9.17) is 9.16 Å². The Kier molecular flexibility index (Phi) is 3.93. The fourth-order valence-corrected chi connectivity index (χ4v) is 3.91. The van der Waals surface area contributed by atoms with E-state index >= 15 is 0 Å². The van der Waals surface area contributed by atoms with Gasteiger partial charge in [-0.15, -0.1) is 0 Å². The summed E-state index contributed by atoms with van der Waals surface area (Å²) in [6.45, 7) is 14.2. The van der Waals surface area contributed by atoms with Crippen molar-refractivity contribution in [2.75, 3.05) is 6.61 Å². The van der Waals surface area contributed by atoms with Crippen molar-refractivity contribution in [2.45, 2.75) is 71.2 Å². The maximum Gasteiger partial charge on any atom is 0.331 e. The lowest BCUT2D eigenvalue weighted by Crippen LogP contribution is -2.47. The van der Waals surface area contributed by atoms with Crippen molar-refractivity contribution >= 4 is 14.3 Å². The van der Waals surface area contributed by atoms with Crippen LogP contribution in [0, 0.1) is 5.41 Å². The summed E-state index contributed by atoms with van der Waals surface area (Å²) >= 11 is 0. The molecule has 3 nitrogen and oxygen atoms in total. The molecule has 20 heavy (non-hydrogen) atoms. The van der Waals surface area contributed by atoms with Gasteiger partial charge in [0.1, 0.15) is 6.10 Å². The molecule has 0 spiro atoms. The van der Waals surface area contributed by atoms with E-state index in [-0.39, 0.29) is 22.5 Å². The van der Waals surface area contributed by atoms with Crippen molar-refractivity contribution in [3.63, 3.8) is 0 Å². The van der Waals surface area contributed by atoms with Crippen LogP contribution in [0.1, 0.15) is 47.0 Å². The summed E-state index contributed by atoms with van der Waals surface area (Å²) in [4.78, 5) is 11.5. The number of hydrogen-bond acceptors (Lipinski definition) is 3. The van der Waals surface area contributed by atoms with E-state index in [1.165, 1.54) is 5.57 Å². The molecule has 1 heterocycles. The molecule has 0 radical (unpaired) electrons. The Labute approximate surface area is 123 Å². The SMILES string of the molecule is CC(C)(C)[Si](C)(C)OC[C@@]1(C)CCCC2=CC(=O)O[C@@H]21. The topological polar surface area (TPSA) is 35.5 Å². The van der Waals surface area contributed by atoms with E-state index in [0.29, 0.717) is 6.61 Å². The Morgan fingerprint density at radius 2 is 2.10 bits per heavy atom. The second-order valence-electron chi connectivity index (χ2n) is 8.09. The highest BCUT2D eigenvalue weighted by Crippen LogP contribution is 2.45. The Balaban J connectivity index is 2.08. The molecule has 0 N–H and O–H groups in total. The molecule has 2 aliphatic rings. The van der Waals surface area contributed by atoms with Gasteiger partial charge < -0.3 is 9.16 Å². The van der Waals surface area contributed by atoms with Gasteiger partial charge in [-0.3, -0.25) is 0 Å². The number of fused-ring (bicyclic) bond motifs is 1. The normalized spacial score (nSPS) is 30.8. The zero-order chi connectivity index (χ0) is 15.2. The van der Waals surface area contributed by atoms with Crippen LogP contribution in [0.4, 0.5) is 0 Å². The van der Waals surface area contributed by atoms with Crippen LogP contribution in [0.25, 0.3) is 0 Å². The first kappa shape index (κ1) is 15.8. The molecular formula is C16H28O3Si. The quantitative estimate of drug-likeness (QED) is 0.582. The molecule has 114 valence electrons. The number of hydrogen-bond donors (Lipinski definition) is 0. The lowest BCUT2D eigenvalue weighted by Gasteiger charge is -2.44. The van der Waals surface area contributed by atoms with E-state index in [2.05, 4.69) is 40.8 Å². The summed E-state index contributed by atoms with van der Waals surface area (Å²) in [5.74, 6) is -0.176. The Bertz CT molecular complexity index is 433. The van der Waals surface area contributed by atoms with Crippen LogP contribution in [-0.2, 0) is 14.0 Å². The third-order valence-corrected chi connectivity index (χ3v) is 9.77. The summed E-state index contributed by atoms with van der Waals surface area (Å²) < 4.78 is 11.9. The highest BCUT2D eigenvalue weighted by molar-refractivity contribution is 6.74. The Morgan fingerprint density at radius 1 is 1.45 bits per heavy atom. The maximum absolute atomic E-state index is 11.5. The van der Waals surface area contributed by atoms with Crippen LogP contribution in [0.2, 0.25) is 18.1 Å². The number of rotatable bonds is 3. The molecule has 1 fully saturated rings. The van der Waals surface area contributed by atoms with Gasteiger partial charge in [-0.05, 0) is 43.0 Å². The molecule has 2 rings (SSSR count). The van der Waals surface area contributed by atoms with Crippen LogP contribution in [-0.4, -0.2) is 27.0 Å². The second-order valence-corrected chi connectivity index (χ2v) is 12.9. The van der Waals surface area contributed by atoms with E-state index < -0.39 is 8.32 Å². The molecule has 1 aliphatic carbocycles. The van der Waals surface area contributed by atoms with Crippen molar-refractivity contribution < 1.29 is 14.0 Å². The fraction of sp³-hybridized carbons (Fsp3) is 0.812. The van der Waals surface area contributed by atoms with Crippen LogP contribution >= 0.6 is 0 Å². The molecular weight excluding hydrogens is 268 g/mol. The van der Waals surface area contributed by atoms with Gasteiger partial charge in [0.25, 0.3) is 0 Å². The van der Waals surface area contributed by atoms with Crippen LogP contribution in [0.3, 0.4) is 0 Å². The summed E-state index contributed by atoms with van der Waals surface area (Å²) in [6.07, 6.45) is 4.81. The van der Waals surface area contributed by atoms with E-state index in [9.17, 15) is 4.79 Å². The van der Waals surface area contributed by atoms with Crippen LogP contribution in [0.5, 0.6) is 0 Å². The van der Waals surface area contributed by atoms with Gasteiger partial charge in [0.05, 0.1) is 0 Å². The molecule has 0 aromatic rings. The van der Waals surface area contributed by atoms with Gasteiger partial charge >= 0.3 is 5.97 Å². The minimum Gasteiger partial charge on any atom is -0.454 e. The van der Waals surface area contributed by atoms with Crippen molar-refractivity contribution in [1.29, 1.82) is 0 Å². The summed E-state index contributed by atoms with van der Waals surface area (Å²) in [7, 11) is -1.76. The zero-order valence-corrected chi connectivity index (χ0v) is 14.7. The maximum atomic E-state index is 11.5. The first-order valence-electron chi connectivity index (χ1n) is 7.60. The minimum absolute atomic E-state index is 0.0616. The molecule has 4 heteroatoms. The molecule has 0 amide bonds. The Morgan fingerprint density at radius 3 is 2.70 bits per heavy atom. The molecule has 0 aromatic heterocycles. The smallest absolute Gasteiger partial charge is 0.331 e. The monoisotopic (exact) mass is 296 g/mol. The highest BCUT2D eigenvalue weighted by Gasteiger charge is 2.47. The number of ether oxygens (including phenoxy) is 1. The van der Waals surface area contributed by atoms with Gasteiger partial charge in [-0.25, -0.2) is 4.79 Å². The van der Waals surface area contributed by atoms with Gasteiger partial charge in [-0.1, -0.05) is 27.7 Å². The first-order chi connectivity index (χ1) is 9.05. The minimum atomic E-state index is -1.76. The van der Waals surface area contributed by atoms with Crippen LogP contribution < -0.4 is 0 Å². The van der Waals surface area contributed by atoms with Crippen molar-refractivity contribution in [1.82, 2.24) is 0 Å². The van der Waals surface area contributed by atoms with E-state index in [1.807, 2.05) is 0 Å². The third kappa shape index (κ3) is 2.86. The summed E-state index contributed by atoms with van der Waals surface area (Å²) in [5, 5.41) is 0.211. The Hall–Kier alpha value is -0.613. The lowest BCUT2D eigenvalue weighted by atomic mass is 9.72. The molecule has 0 aromatic carbocycles. The van der Waals surface area contributed by atoms with Gasteiger partial charge in [0.2, 0.25) is 0 Å². The van der Waals surface area contributed by atoms with Gasteiger partial charge in [-0.2, -0.15) is 0 Å². The number of esters is 1. The zero-order valence-electron chi connectivity index (χ0n) is 13.7. The first-order valence-corrected chi connectivity index (χ1v) is 10.5. The third-order valence-electron chi connectivity index (χ3n) is 5.29. The average Bonchev–Trinajstić information content (AvgIpc) is 2.68. The number of carbonyl (C=O) groups excluding carboxylic acids is 1. The van der Waals surface area contributed by atoms with Crippen LogP contribution in [0.15, 0.2) is 11.6 Å². The van der Waals surface area contributed by atoms with Gasteiger partial charge in [0, 0.05) is 18.1 Å². The van der Waals surface area contributed by atoms with E-state index in [1.54, 1.807) is 6.08 Å². The lowest BCUT2D eigenvalue weighted by molar-refractivity contribution is -0.145. The predicted octanol–water partition coefficient (Wildman–Crippen LogP) is 4.05. The largest absolute Gasteiger partial charge is 0.454 e. The molecule has 1 aliphatic heterocycles. The molecule has 2 atom stereocenters. The fourth-order valence-electron chi connectivity index (χ4n) is 2.78. The van der Waals surface area contributed by atoms with Crippen molar-refractivity contribution in [2.24, 2.45) is 5.41 Å². The average molecular weight is 296 g/mol. The highest BCUT2D eigenvalue weighted by atomic mass is 28.4. The predicted molar refractivity (Wildman–Crippen MR) is 83.1 cm³/mol. The van der Waals surface area contributed by atoms with Gasteiger partial charge in [0.15, 0.2) is 8.32 Å². The van der Waals surface area contributed by atoms with Crippen molar-refractivity contribution in [3.05, 3.63) is 11.6 Å².